The molecule has 0 amide bonds. The van der Waals surface area contributed by atoms with Crippen molar-refractivity contribution in [2.75, 3.05) is 13.6 Å². The van der Waals surface area contributed by atoms with Crippen molar-refractivity contribution in [1.82, 2.24) is 10.3 Å². The average Bonchev–Trinajstić information content (AvgIpc) is 2.30. The highest BCUT2D eigenvalue weighted by Gasteiger charge is 2.22. The van der Waals surface area contributed by atoms with E-state index in [-0.39, 0.29) is 0 Å². The molecule has 1 heterocycles. The Morgan fingerprint density at radius 2 is 2.44 bits per heavy atom. The van der Waals surface area contributed by atoms with E-state index in [1.54, 1.807) is 0 Å². The van der Waals surface area contributed by atoms with Gasteiger partial charge in [0.2, 0.25) is 0 Å². The van der Waals surface area contributed by atoms with Crippen LogP contribution in [0.2, 0.25) is 0 Å². The fourth-order valence-electron chi connectivity index (χ4n) is 2.85. The number of aryl methyl sites for hydroxylation is 1. The van der Waals surface area contributed by atoms with Gasteiger partial charge >= 0.3 is 0 Å². The molecule has 1 aliphatic rings. The van der Waals surface area contributed by atoms with E-state index in [0.29, 0.717) is 5.92 Å². The molecule has 88 valence electrons. The molecule has 2 unspecified atom stereocenters. The van der Waals surface area contributed by atoms with Crippen LogP contribution in [0.15, 0.2) is 18.3 Å². The molecule has 2 atom stereocenters. The summed E-state index contributed by atoms with van der Waals surface area (Å²) in [5.41, 5.74) is 2.85. The molecule has 1 aromatic heterocycles. The zero-order chi connectivity index (χ0) is 11.4. The van der Waals surface area contributed by atoms with E-state index in [0.717, 1.165) is 12.5 Å². The molecule has 1 N–H and O–H groups in total. The number of hydrogen-bond acceptors (Lipinski definition) is 2. The molecule has 2 nitrogen and oxygen atoms in total. The van der Waals surface area contributed by atoms with Crippen LogP contribution in [-0.2, 0) is 6.42 Å². The lowest BCUT2D eigenvalue weighted by atomic mass is 9.81. The molecule has 0 fully saturated rings. The van der Waals surface area contributed by atoms with E-state index in [1.807, 2.05) is 13.2 Å². The molecule has 0 saturated carbocycles. The van der Waals surface area contributed by atoms with Crippen molar-refractivity contribution in [1.29, 1.82) is 0 Å². The number of nitrogens with zero attached hydrogens (tertiary/aromatic N) is 1. The first-order valence-electron chi connectivity index (χ1n) is 6.39. The number of pyridine rings is 1. The van der Waals surface area contributed by atoms with Gasteiger partial charge in [-0.1, -0.05) is 13.0 Å². The molecule has 2 heteroatoms. The monoisotopic (exact) mass is 218 g/mol. The van der Waals surface area contributed by atoms with Gasteiger partial charge < -0.3 is 5.32 Å². The summed E-state index contributed by atoms with van der Waals surface area (Å²) in [6.07, 6.45) is 7.08. The van der Waals surface area contributed by atoms with Crippen LogP contribution in [0.1, 0.15) is 43.4 Å². The minimum absolute atomic E-state index is 0.688. The number of nitrogens with one attached hydrogen (secondary N) is 1. The summed E-state index contributed by atoms with van der Waals surface area (Å²) in [5, 5.41) is 3.26. The van der Waals surface area contributed by atoms with Crippen molar-refractivity contribution in [3.05, 3.63) is 29.6 Å². The molecular formula is C14H22N2. The second-order valence-electron chi connectivity index (χ2n) is 5.04. The highest BCUT2D eigenvalue weighted by atomic mass is 14.8. The Balaban J connectivity index is 2.07. The predicted octanol–water partition coefficient (Wildman–Crippen LogP) is 2.75. The lowest BCUT2D eigenvalue weighted by molar-refractivity contribution is 0.408. The Kier molecular flexibility index (Phi) is 3.94. The van der Waals surface area contributed by atoms with Crippen LogP contribution in [0.4, 0.5) is 0 Å². The van der Waals surface area contributed by atoms with E-state index >= 15 is 0 Å². The number of aromatic nitrogens is 1. The van der Waals surface area contributed by atoms with Gasteiger partial charge in [-0.05, 0) is 56.8 Å². The zero-order valence-corrected chi connectivity index (χ0v) is 10.4. The molecule has 0 spiro atoms. The maximum Gasteiger partial charge on any atom is 0.0466 e. The largest absolute Gasteiger partial charge is 0.319 e. The SMILES string of the molecule is CNCC(C)CC1CCCc2cccnc21. The maximum absolute atomic E-state index is 4.59. The smallest absolute Gasteiger partial charge is 0.0466 e. The number of hydrogen-bond donors (Lipinski definition) is 1. The molecule has 0 bridgehead atoms. The molecule has 16 heavy (non-hydrogen) atoms. The lowest BCUT2D eigenvalue weighted by Crippen LogP contribution is -2.21. The van der Waals surface area contributed by atoms with Crippen LogP contribution in [0.5, 0.6) is 0 Å². The van der Waals surface area contributed by atoms with Crippen LogP contribution in [-0.4, -0.2) is 18.6 Å². The van der Waals surface area contributed by atoms with Crippen LogP contribution >= 0.6 is 0 Å². The Morgan fingerprint density at radius 3 is 3.25 bits per heavy atom. The van der Waals surface area contributed by atoms with E-state index < -0.39 is 0 Å². The summed E-state index contributed by atoms with van der Waals surface area (Å²) < 4.78 is 0. The molecule has 2 rings (SSSR count). The Morgan fingerprint density at radius 1 is 1.56 bits per heavy atom. The standard InChI is InChI=1S/C14H22N2/c1-11(10-15-2)9-13-6-3-5-12-7-4-8-16-14(12)13/h4,7-8,11,13,15H,3,5-6,9-10H2,1-2H3. The first kappa shape index (κ1) is 11.6. The highest BCUT2D eigenvalue weighted by Crippen LogP contribution is 2.34. The van der Waals surface area contributed by atoms with Gasteiger partial charge in [0.15, 0.2) is 0 Å². The lowest BCUT2D eigenvalue weighted by Gasteiger charge is -2.26. The average molecular weight is 218 g/mol. The van der Waals surface area contributed by atoms with Gasteiger partial charge in [0.05, 0.1) is 0 Å². The summed E-state index contributed by atoms with van der Waals surface area (Å²) in [6, 6.07) is 4.31. The van der Waals surface area contributed by atoms with Crippen LogP contribution < -0.4 is 5.32 Å². The van der Waals surface area contributed by atoms with E-state index in [4.69, 9.17) is 0 Å². The maximum atomic E-state index is 4.59. The third kappa shape index (κ3) is 2.62. The zero-order valence-electron chi connectivity index (χ0n) is 10.4. The van der Waals surface area contributed by atoms with Crippen molar-refractivity contribution in [3.63, 3.8) is 0 Å². The quantitative estimate of drug-likeness (QED) is 0.840. The molecule has 0 aliphatic heterocycles. The molecule has 1 aliphatic carbocycles. The summed E-state index contributed by atoms with van der Waals surface area (Å²) in [4.78, 5) is 4.59. The number of rotatable bonds is 4. The van der Waals surface area contributed by atoms with Gasteiger partial charge in [-0.25, -0.2) is 0 Å². The van der Waals surface area contributed by atoms with Crippen molar-refractivity contribution in [2.45, 2.75) is 38.5 Å². The van der Waals surface area contributed by atoms with Crippen molar-refractivity contribution >= 4 is 0 Å². The molecule has 0 saturated heterocycles. The molecule has 0 aromatic carbocycles. The molecule has 1 aromatic rings. The van der Waals surface area contributed by atoms with Crippen LogP contribution in [0.25, 0.3) is 0 Å². The van der Waals surface area contributed by atoms with Crippen molar-refractivity contribution in [2.24, 2.45) is 5.92 Å². The topological polar surface area (TPSA) is 24.9 Å². The normalized spacial score (nSPS) is 21.5. The predicted molar refractivity (Wildman–Crippen MR) is 67.6 cm³/mol. The third-order valence-corrected chi connectivity index (χ3v) is 3.55. The molecule has 0 radical (unpaired) electrons. The molecular weight excluding hydrogens is 196 g/mol. The van der Waals surface area contributed by atoms with Crippen molar-refractivity contribution < 1.29 is 0 Å². The Bertz CT molecular complexity index is 335. The van der Waals surface area contributed by atoms with Gasteiger partial charge in [0.25, 0.3) is 0 Å². The van der Waals surface area contributed by atoms with E-state index in [1.165, 1.54) is 36.9 Å². The first-order valence-corrected chi connectivity index (χ1v) is 6.39. The van der Waals surface area contributed by atoms with Crippen LogP contribution in [0, 0.1) is 5.92 Å². The van der Waals surface area contributed by atoms with Gasteiger partial charge in [0.1, 0.15) is 0 Å². The first-order chi connectivity index (χ1) is 7.81. The Labute approximate surface area is 98.5 Å². The second-order valence-corrected chi connectivity index (χ2v) is 5.04. The minimum Gasteiger partial charge on any atom is -0.319 e. The highest BCUT2D eigenvalue weighted by molar-refractivity contribution is 5.25. The summed E-state index contributed by atoms with van der Waals surface area (Å²) >= 11 is 0. The number of fused-ring (bicyclic) bond motifs is 1. The summed E-state index contributed by atoms with van der Waals surface area (Å²) in [7, 11) is 2.03. The summed E-state index contributed by atoms with van der Waals surface area (Å²) in [6.45, 7) is 3.44. The van der Waals surface area contributed by atoms with Crippen molar-refractivity contribution in [3.8, 4) is 0 Å². The van der Waals surface area contributed by atoms with Gasteiger partial charge in [-0.15, -0.1) is 0 Å². The fraction of sp³-hybridized carbons (Fsp3) is 0.643. The van der Waals surface area contributed by atoms with Gasteiger partial charge in [-0.3, -0.25) is 4.98 Å². The van der Waals surface area contributed by atoms with Gasteiger partial charge in [-0.2, -0.15) is 0 Å². The van der Waals surface area contributed by atoms with E-state index in [2.05, 4.69) is 29.4 Å². The van der Waals surface area contributed by atoms with Gasteiger partial charge in [0, 0.05) is 17.8 Å². The van der Waals surface area contributed by atoms with E-state index in [9.17, 15) is 0 Å². The fourth-order valence-corrected chi connectivity index (χ4v) is 2.85. The third-order valence-electron chi connectivity index (χ3n) is 3.55. The Hall–Kier alpha value is -0.890. The second kappa shape index (κ2) is 5.44. The van der Waals surface area contributed by atoms with Crippen LogP contribution in [0.3, 0.4) is 0 Å². The minimum atomic E-state index is 0.688. The summed E-state index contributed by atoms with van der Waals surface area (Å²) in [5.74, 6) is 1.43.